The molecule has 1 unspecified atom stereocenters. The van der Waals surface area contributed by atoms with Crippen LogP contribution in [0.5, 0.6) is 0 Å². The number of benzene rings is 1. The van der Waals surface area contributed by atoms with Crippen molar-refractivity contribution in [3.63, 3.8) is 0 Å². The zero-order chi connectivity index (χ0) is 25.4. The second-order valence-corrected chi connectivity index (χ2v) is 9.48. The number of hydrogen-bond acceptors (Lipinski definition) is 5. The number of rotatable bonds is 3. The van der Waals surface area contributed by atoms with Gasteiger partial charge in [-0.1, -0.05) is 6.07 Å². The maximum atomic E-state index is 13.9. The topological polar surface area (TPSA) is 88.8 Å². The van der Waals surface area contributed by atoms with Gasteiger partial charge in [0.25, 0.3) is 0 Å². The molecule has 35 heavy (non-hydrogen) atoms. The van der Waals surface area contributed by atoms with E-state index in [0.717, 1.165) is 6.07 Å². The van der Waals surface area contributed by atoms with E-state index in [0.29, 0.717) is 30.7 Å². The Morgan fingerprint density at radius 1 is 1.17 bits per heavy atom. The molecule has 0 spiro atoms. The second-order valence-electron chi connectivity index (χ2n) is 9.48. The number of hydrogen-bond donors (Lipinski definition) is 1. The van der Waals surface area contributed by atoms with E-state index in [-0.39, 0.29) is 17.8 Å². The molecule has 3 heterocycles. The minimum Gasteiger partial charge on any atom is -0.444 e. The normalized spacial score (nSPS) is 16.9. The third-order valence-corrected chi connectivity index (χ3v) is 5.60. The molecule has 3 aromatic rings. The molecule has 1 atom stereocenters. The number of aromatic nitrogens is 3. The van der Waals surface area contributed by atoms with Crippen molar-refractivity contribution in [3.05, 3.63) is 48.5 Å². The van der Waals surface area contributed by atoms with Gasteiger partial charge in [0, 0.05) is 37.2 Å². The van der Waals surface area contributed by atoms with Crippen LogP contribution in [0.4, 0.5) is 23.7 Å². The lowest BCUT2D eigenvalue weighted by Gasteiger charge is -2.33. The summed E-state index contributed by atoms with van der Waals surface area (Å²) in [6.07, 6.45) is 2.05. The van der Waals surface area contributed by atoms with Gasteiger partial charge < -0.3 is 19.4 Å². The minimum atomic E-state index is -4.70. The van der Waals surface area contributed by atoms with E-state index in [1.807, 2.05) is 0 Å². The average molecular weight is 489 g/mol. The maximum Gasteiger partial charge on any atom is 0.418 e. The summed E-state index contributed by atoms with van der Waals surface area (Å²) < 4.78 is 48.7. The number of carbonyl (C=O) groups excluding carboxylic acids is 2. The summed E-state index contributed by atoms with van der Waals surface area (Å²) >= 11 is 0. The number of piperidine rings is 1. The molecule has 0 radical (unpaired) electrons. The monoisotopic (exact) mass is 489 g/mol. The number of imidazole rings is 1. The summed E-state index contributed by atoms with van der Waals surface area (Å²) in [6.45, 7) is 5.73. The van der Waals surface area contributed by atoms with E-state index < -0.39 is 35.3 Å². The smallest absolute Gasteiger partial charge is 0.418 e. The molecule has 1 N–H and O–H groups in total. The van der Waals surface area contributed by atoms with Gasteiger partial charge in [-0.25, -0.2) is 9.78 Å². The van der Waals surface area contributed by atoms with Gasteiger partial charge in [-0.3, -0.25) is 9.78 Å². The molecular weight excluding hydrogens is 463 g/mol. The van der Waals surface area contributed by atoms with Crippen LogP contribution in [0.15, 0.2) is 43.0 Å². The molecule has 1 saturated heterocycles. The van der Waals surface area contributed by atoms with E-state index in [1.165, 1.54) is 23.2 Å². The van der Waals surface area contributed by atoms with Gasteiger partial charge >= 0.3 is 12.3 Å². The molecular formula is C24H26F3N5O3. The molecule has 1 aromatic carbocycles. The zero-order valence-corrected chi connectivity index (χ0v) is 19.6. The van der Waals surface area contributed by atoms with Crippen LogP contribution in [0.25, 0.3) is 16.9 Å². The average Bonchev–Trinajstić information content (AvgIpc) is 3.25. The Labute approximate surface area is 200 Å². The van der Waals surface area contributed by atoms with Crippen LogP contribution < -0.4 is 5.32 Å². The van der Waals surface area contributed by atoms with Gasteiger partial charge in [0.05, 0.1) is 29.1 Å². The first kappa shape index (κ1) is 24.5. The van der Waals surface area contributed by atoms with Gasteiger partial charge in [0.15, 0.2) is 5.65 Å². The fraction of sp³-hybridized carbons (Fsp3) is 0.417. The fourth-order valence-electron chi connectivity index (χ4n) is 3.94. The number of carbonyl (C=O) groups is 2. The SMILES string of the molecule is CC(C)(C)OC(=O)N1CCCC(C(=O)Nc2ccc(-c3cn4ccnc4cn3)cc2C(F)(F)F)C1. The van der Waals surface area contributed by atoms with Crippen molar-refractivity contribution in [3.8, 4) is 11.3 Å². The standard InChI is InChI=1S/C24H26F3N5O3/c1-23(2,3)35-22(34)32-9-4-5-16(13-32)21(33)30-18-7-6-15(11-17(18)24(25,26)27)19-14-31-10-8-28-20(31)12-29-19/h6-8,10-12,14,16H,4-5,9,13H2,1-3H3,(H,30,33). The minimum absolute atomic E-state index is 0.0784. The predicted octanol–water partition coefficient (Wildman–Crippen LogP) is 5.00. The zero-order valence-electron chi connectivity index (χ0n) is 19.6. The van der Waals surface area contributed by atoms with Crippen molar-refractivity contribution < 1.29 is 27.5 Å². The third-order valence-electron chi connectivity index (χ3n) is 5.60. The Bertz CT molecular complexity index is 1250. The number of amides is 2. The summed E-state index contributed by atoms with van der Waals surface area (Å²) in [4.78, 5) is 35.0. The van der Waals surface area contributed by atoms with Crippen LogP contribution >= 0.6 is 0 Å². The lowest BCUT2D eigenvalue weighted by Crippen LogP contribution is -2.45. The quantitative estimate of drug-likeness (QED) is 0.559. The number of fused-ring (bicyclic) bond motifs is 1. The van der Waals surface area contributed by atoms with Gasteiger partial charge in [-0.15, -0.1) is 0 Å². The summed E-state index contributed by atoms with van der Waals surface area (Å²) in [5, 5.41) is 2.43. The molecule has 11 heteroatoms. The highest BCUT2D eigenvalue weighted by molar-refractivity contribution is 5.94. The predicted molar refractivity (Wildman–Crippen MR) is 123 cm³/mol. The lowest BCUT2D eigenvalue weighted by molar-refractivity contribution is -0.137. The van der Waals surface area contributed by atoms with Crippen molar-refractivity contribution in [1.29, 1.82) is 0 Å². The van der Waals surface area contributed by atoms with Crippen LogP contribution in [0.3, 0.4) is 0 Å². The van der Waals surface area contributed by atoms with Crippen molar-refractivity contribution in [2.75, 3.05) is 18.4 Å². The van der Waals surface area contributed by atoms with Crippen molar-refractivity contribution in [2.24, 2.45) is 5.92 Å². The van der Waals surface area contributed by atoms with Crippen LogP contribution in [-0.4, -0.2) is 50.0 Å². The number of likely N-dealkylation sites (tertiary alicyclic amines) is 1. The molecule has 1 fully saturated rings. The van der Waals surface area contributed by atoms with Crippen molar-refractivity contribution >= 4 is 23.3 Å². The molecule has 0 bridgehead atoms. The summed E-state index contributed by atoms with van der Waals surface area (Å²) in [5.74, 6) is -1.23. The van der Waals surface area contributed by atoms with Crippen LogP contribution in [0.2, 0.25) is 0 Å². The number of alkyl halides is 3. The lowest BCUT2D eigenvalue weighted by atomic mass is 9.97. The highest BCUT2D eigenvalue weighted by Gasteiger charge is 2.36. The molecule has 1 aliphatic heterocycles. The highest BCUT2D eigenvalue weighted by Crippen LogP contribution is 2.37. The van der Waals surface area contributed by atoms with Crippen LogP contribution in [0.1, 0.15) is 39.2 Å². The van der Waals surface area contributed by atoms with Gasteiger partial charge in [-0.2, -0.15) is 13.2 Å². The van der Waals surface area contributed by atoms with Crippen molar-refractivity contribution in [2.45, 2.75) is 45.4 Å². The summed E-state index contributed by atoms with van der Waals surface area (Å²) in [5.41, 5.74) is -0.854. The maximum absolute atomic E-state index is 13.9. The Morgan fingerprint density at radius 2 is 1.94 bits per heavy atom. The molecule has 8 nitrogen and oxygen atoms in total. The first-order valence-electron chi connectivity index (χ1n) is 11.2. The number of nitrogens with one attached hydrogen (secondary N) is 1. The Kier molecular flexibility index (Phi) is 6.44. The third kappa shape index (κ3) is 5.72. The Balaban J connectivity index is 1.54. The second kappa shape index (κ2) is 9.20. The molecule has 0 aliphatic carbocycles. The molecule has 4 rings (SSSR count). The summed E-state index contributed by atoms with van der Waals surface area (Å²) in [7, 11) is 0. The number of anilines is 1. The van der Waals surface area contributed by atoms with Gasteiger partial charge in [-0.05, 0) is 45.7 Å². The van der Waals surface area contributed by atoms with Crippen molar-refractivity contribution in [1.82, 2.24) is 19.3 Å². The van der Waals surface area contributed by atoms with E-state index >= 15 is 0 Å². The molecule has 186 valence electrons. The Morgan fingerprint density at radius 3 is 2.66 bits per heavy atom. The molecule has 0 saturated carbocycles. The first-order valence-corrected chi connectivity index (χ1v) is 11.2. The number of halogens is 3. The molecule has 1 aliphatic rings. The largest absolute Gasteiger partial charge is 0.444 e. The van der Waals surface area contributed by atoms with Crippen LogP contribution in [0, 0.1) is 5.92 Å². The molecule has 2 amide bonds. The highest BCUT2D eigenvalue weighted by atomic mass is 19.4. The number of nitrogens with zero attached hydrogens (tertiary/aromatic N) is 4. The van der Waals surface area contributed by atoms with E-state index in [4.69, 9.17) is 4.74 Å². The van der Waals surface area contributed by atoms with Gasteiger partial charge in [0.1, 0.15) is 5.60 Å². The van der Waals surface area contributed by atoms with E-state index in [2.05, 4.69) is 15.3 Å². The number of ether oxygens (including phenoxy) is 1. The summed E-state index contributed by atoms with van der Waals surface area (Å²) in [6, 6.07) is 3.67. The van der Waals surface area contributed by atoms with E-state index in [9.17, 15) is 22.8 Å². The molecule has 2 aromatic heterocycles. The fourth-order valence-corrected chi connectivity index (χ4v) is 3.94. The van der Waals surface area contributed by atoms with Crippen LogP contribution in [-0.2, 0) is 15.7 Å². The first-order chi connectivity index (χ1) is 16.4. The van der Waals surface area contributed by atoms with Gasteiger partial charge in [0.2, 0.25) is 5.91 Å². The van der Waals surface area contributed by atoms with E-state index in [1.54, 1.807) is 43.8 Å². The Hall–Kier alpha value is -3.63.